The maximum atomic E-state index is 4.37. The lowest BCUT2D eigenvalue weighted by Gasteiger charge is -2.28. The smallest absolute Gasteiger partial charge is 0.0492 e. The van der Waals surface area contributed by atoms with E-state index in [2.05, 4.69) is 224 Å². The predicted octanol–water partition coefficient (Wildman–Crippen LogP) is 15.2. The van der Waals surface area contributed by atoms with Gasteiger partial charge in [-0.05, 0) is 151 Å². The van der Waals surface area contributed by atoms with Crippen molar-refractivity contribution in [2.75, 3.05) is 9.80 Å². The van der Waals surface area contributed by atoms with Crippen molar-refractivity contribution in [2.45, 2.75) is 0 Å². The summed E-state index contributed by atoms with van der Waals surface area (Å²) in [4.78, 5) is 22.0. The molecule has 11 aromatic rings. The van der Waals surface area contributed by atoms with Gasteiger partial charge in [0.1, 0.15) is 0 Å². The lowest BCUT2D eigenvalue weighted by molar-refractivity contribution is 1.22. The Morgan fingerprint density at radius 1 is 0.219 bits per heavy atom. The molecule has 0 N–H and O–H groups in total. The minimum atomic E-state index is 1.00. The average molecular weight is 821 g/mol. The second-order valence-corrected chi connectivity index (χ2v) is 15.6. The van der Waals surface area contributed by atoms with Crippen LogP contribution in [0.2, 0.25) is 0 Å². The maximum Gasteiger partial charge on any atom is 0.0492 e. The van der Waals surface area contributed by atoms with E-state index in [1.807, 2.05) is 49.6 Å². The number of anilines is 6. The zero-order valence-corrected chi connectivity index (χ0v) is 34.8. The highest BCUT2D eigenvalue weighted by atomic mass is 15.1. The van der Waals surface area contributed by atoms with Gasteiger partial charge in [-0.25, -0.2) is 0 Å². The van der Waals surface area contributed by atoms with Crippen LogP contribution < -0.4 is 9.80 Å². The Balaban J connectivity index is 1.25. The van der Waals surface area contributed by atoms with Crippen molar-refractivity contribution in [3.63, 3.8) is 0 Å². The Morgan fingerprint density at radius 3 is 0.875 bits per heavy atom. The molecule has 0 saturated carbocycles. The SMILES string of the molecule is c1ccc(-c2cccc(-c3c4ccc(N(c5ccncc5)c5ccncc5)cc4c(-c4cccc(-c5ccccc5)c4)c4ccc(N(c5ccncc5)c5ccncc5)cc34)c2)cc1. The normalized spacial score (nSPS) is 11.1. The lowest BCUT2D eigenvalue weighted by Crippen LogP contribution is -2.10. The fourth-order valence-corrected chi connectivity index (χ4v) is 8.94. The summed E-state index contributed by atoms with van der Waals surface area (Å²) >= 11 is 0. The third-order valence-electron chi connectivity index (χ3n) is 11.8. The van der Waals surface area contributed by atoms with Gasteiger partial charge in [0, 0.05) is 83.7 Å². The predicted molar refractivity (Wildman–Crippen MR) is 264 cm³/mol. The molecular weight excluding hydrogens is 781 g/mol. The van der Waals surface area contributed by atoms with Gasteiger partial charge in [0.15, 0.2) is 0 Å². The van der Waals surface area contributed by atoms with Crippen LogP contribution in [0.15, 0.2) is 244 Å². The third-order valence-corrected chi connectivity index (χ3v) is 11.8. The summed E-state index contributed by atoms with van der Waals surface area (Å²) in [5.74, 6) is 0. The van der Waals surface area contributed by atoms with Crippen molar-refractivity contribution in [3.05, 3.63) is 244 Å². The molecule has 4 aromatic heterocycles. The summed E-state index contributed by atoms with van der Waals surface area (Å²) in [6.07, 6.45) is 14.7. The number of fused-ring (bicyclic) bond motifs is 2. The first-order valence-electron chi connectivity index (χ1n) is 21.3. The molecule has 0 radical (unpaired) electrons. The van der Waals surface area contributed by atoms with E-state index in [0.717, 1.165) is 89.0 Å². The van der Waals surface area contributed by atoms with Crippen molar-refractivity contribution in [2.24, 2.45) is 0 Å². The highest BCUT2D eigenvalue weighted by Gasteiger charge is 2.23. The van der Waals surface area contributed by atoms with Crippen LogP contribution in [0.25, 0.3) is 66.1 Å². The molecule has 6 nitrogen and oxygen atoms in total. The van der Waals surface area contributed by atoms with Gasteiger partial charge >= 0.3 is 0 Å². The summed E-state index contributed by atoms with van der Waals surface area (Å²) in [5, 5.41) is 4.55. The van der Waals surface area contributed by atoms with Gasteiger partial charge < -0.3 is 9.80 Å². The summed E-state index contributed by atoms with van der Waals surface area (Å²) in [6.45, 7) is 0. The Hall–Kier alpha value is -8.74. The zero-order valence-electron chi connectivity index (χ0n) is 34.8. The van der Waals surface area contributed by atoms with Crippen molar-refractivity contribution in [3.8, 4) is 44.5 Å². The van der Waals surface area contributed by atoms with E-state index in [1.165, 1.54) is 11.1 Å². The van der Waals surface area contributed by atoms with Gasteiger partial charge in [0.25, 0.3) is 0 Å². The fourth-order valence-electron chi connectivity index (χ4n) is 8.94. The number of aromatic nitrogens is 4. The first-order chi connectivity index (χ1) is 31.8. The van der Waals surface area contributed by atoms with Gasteiger partial charge in [-0.3, -0.25) is 19.9 Å². The second kappa shape index (κ2) is 17.0. The number of nitrogens with zero attached hydrogens (tertiary/aromatic N) is 6. The maximum absolute atomic E-state index is 4.37. The zero-order chi connectivity index (χ0) is 42.7. The van der Waals surface area contributed by atoms with Gasteiger partial charge in [-0.1, -0.05) is 109 Å². The Labute approximate surface area is 372 Å². The number of benzene rings is 7. The minimum absolute atomic E-state index is 1.00. The first kappa shape index (κ1) is 38.2. The van der Waals surface area contributed by atoms with E-state index in [1.54, 1.807) is 0 Å². The first-order valence-corrected chi connectivity index (χ1v) is 21.3. The van der Waals surface area contributed by atoms with Crippen LogP contribution in [0, 0.1) is 0 Å². The molecule has 0 atom stereocenters. The van der Waals surface area contributed by atoms with Crippen LogP contribution >= 0.6 is 0 Å². The molecule has 0 aliphatic heterocycles. The van der Waals surface area contributed by atoms with E-state index >= 15 is 0 Å². The molecule has 302 valence electrons. The molecule has 0 fully saturated rings. The van der Waals surface area contributed by atoms with Crippen LogP contribution in [0.5, 0.6) is 0 Å². The highest BCUT2D eigenvalue weighted by Crippen LogP contribution is 2.49. The van der Waals surface area contributed by atoms with Gasteiger partial charge in [0.2, 0.25) is 0 Å². The van der Waals surface area contributed by atoms with Crippen molar-refractivity contribution in [1.82, 2.24) is 19.9 Å². The van der Waals surface area contributed by atoms with Crippen LogP contribution in [-0.4, -0.2) is 19.9 Å². The summed E-state index contributed by atoms with van der Waals surface area (Å²) in [6, 6.07) is 69.4. The summed E-state index contributed by atoms with van der Waals surface area (Å²) in [7, 11) is 0. The number of pyridine rings is 4. The van der Waals surface area contributed by atoms with Gasteiger partial charge in [0.05, 0.1) is 0 Å². The van der Waals surface area contributed by atoms with Gasteiger partial charge in [-0.2, -0.15) is 0 Å². The largest absolute Gasteiger partial charge is 0.310 e. The van der Waals surface area contributed by atoms with Crippen molar-refractivity contribution < 1.29 is 0 Å². The molecule has 0 bridgehead atoms. The standard InChI is InChI=1S/C58H40N6/c1-3-9-41(10-4-1)43-13-7-15-45(37-43)57-53-19-17-52(64(49-25-33-61-34-26-49)50-27-35-62-36-28-50)40-56(53)58(46-16-8-14-44(38-46)42-11-5-2-6-12-42)54-20-18-51(39-55(54)57)63(47-21-29-59-30-22-47)48-23-31-60-32-24-48/h1-40H. The van der Waals surface area contributed by atoms with E-state index < -0.39 is 0 Å². The monoisotopic (exact) mass is 820 g/mol. The number of hydrogen-bond donors (Lipinski definition) is 0. The van der Waals surface area contributed by atoms with Crippen LogP contribution in [0.1, 0.15) is 0 Å². The minimum Gasteiger partial charge on any atom is -0.310 e. The molecule has 0 saturated heterocycles. The lowest BCUT2D eigenvalue weighted by atomic mass is 9.84. The molecule has 64 heavy (non-hydrogen) atoms. The van der Waals surface area contributed by atoms with Crippen molar-refractivity contribution >= 4 is 55.7 Å². The molecule has 0 unspecified atom stereocenters. The number of hydrogen-bond acceptors (Lipinski definition) is 6. The summed E-state index contributed by atoms with van der Waals surface area (Å²) in [5.41, 5.74) is 15.3. The third kappa shape index (κ3) is 7.29. The van der Waals surface area contributed by atoms with Crippen LogP contribution in [0.4, 0.5) is 34.1 Å². The second-order valence-electron chi connectivity index (χ2n) is 15.6. The van der Waals surface area contributed by atoms with Crippen LogP contribution in [-0.2, 0) is 0 Å². The molecule has 0 spiro atoms. The Bertz CT molecular complexity index is 3060. The molecule has 0 amide bonds. The Morgan fingerprint density at radius 2 is 0.531 bits per heavy atom. The van der Waals surface area contributed by atoms with Gasteiger partial charge in [-0.15, -0.1) is 0 Å². The summed E-state index contributed by atoms with van der Waals surface area (Å²) < 4.78 is 0. The van der Waals surface area contributed by atoms with E-state index in [4.69, 9.17) is 0 Å². The van der Waals surface area contributed by atoms with Crippen molar-refractivity contribution in [1.29, 1.82) is 0 Å². The molecule has 11 rings (SSSR count). The average Bonchev–Trinajstić information content (AvgIpc) is 3.38. The topological polar surface area (TPSA) is 58.0 Å². The van der Waals surface area contributed by atoms with E-state index in [0.29, 0.717) is 0 Å². The molecule has 6 heteroatoms. The van der Waals surface area contributed by atoms with E-state index in [-0.39, 0.29) is 0 Å². The molecule has 0 aliphatic carbocycles. The molecule has 4 heterocycles. The van der Waals surface area contributed by atoms with E-state index in [9.17, 15) is 0 Å². The molecule has 7 aromatic carbocycles. The van der Waals surface area contributed by atoms with Crippen LogP contribution in [0.3, 0.4) is 0 Å². The fraction of sp³-hybridized carbons (Fsp3) is 0. The number of rotatable bonds is 10. The molecular formula is C58H40N6. The highest BCUT2D eigenvalue weighted by molar-refractivity contribution is 6.23. The quantitative estimate of drug-likeness (QED) is 0.128. The molecule has 0 aliphatic rings. The Kier molecular flexibility index (Phi) is 10.1.